The van der Waals surface area contributed by atoms with E-state index in [1.165, 1.54) is 7.11 Å². The van der Waals surface area contributed by atoms with Crippen molar-refractivity contribution in [3.05, 3.63) is 0 Å². The average Bonchev–Trinajstić information content (AvgIpc) is 2.67. The van der Waals surface area contributed by atoms with Crippen LogP contribution in [0.15, 0.2) is 4.99 Å². The lowest BCUT2D eigenvalue weighted by atomic mass is 9.96. The van der Waals surface area contributed by atoms with Crippen molar-refractivity contribution in [2.24, 2.45) is 16.8 Å². The van der Waals surface area contributed by atoms with E-state index in [1.54, 1.807) is 4.90 Å². The van der Waals surface area contributed by atoms with E-state index >= 15 is 0 Å². The van der Waals surface area contributed by atoms with Crippen molar-refractivity contribution in [2.45, 2.75) is 60.0 Å². The SMILES string of the molecule is CCNC(=NCC(C)C(=O)OC)N1CCC(CN(CC)C(=O)OC(C)(C)C)CC1. The van der Waals surface area contributed by atoms with Gasteiger partial charge in [0.05, 0.1) is 19.6 Å². The first-order chi connectivity index (χ1) is 13.6. The molecule has 8 nitrogen and oxygen atoms in total. The molecule has 1 heterocycles. The van der Waals surface area contributed by atoms with E-state index in [-0.39, 0.29) is 18.0 Å². The number of guanidine groups is 1. The van der Waals surface area contributed by atoms with E-state index in [1.807, 2.05) is 41.5 Å². The lowest BCUT2D eigenvalue weighted by Gasteiger charge is -2.36. The Balaban J connectivity index is 2.61. The first kappa shape index (κ1) is 25.0. The topological polar surface area (TPSA) is 83.5 Å². The summed E-state index contributed by atoms with van der Waals surface area (Å²) in [5.41, 5.74) is -0.480. The number of piperidine rings is 1. The van der Waals surface area contributed by atoms with Gasteiger partial charge in [-0.3, -0.25) is 9.79 Å². The normalized spacial score (nSPS) is 16.9. The van der Waals surface area contributed by atoms with Crippen molar-refractivity contribution >= 4 is 18.0 Å². The molecule has 1 atom stereocenters. The van der Waals surface area contributed by atoms with E-state index in [2.05, 4.69) is 15.2 Å². The monoisotopic (exact) mass is 412 g/mol. The van der Waals surface area contributed by atoms with Gasteiger partial charge < -0.3 is 24.6 Å². The fourth-order valence-corrected chi connectivity index (χ4v) is 3.22. The van der Waals surface area contributed by atoms with Crippen molar-refractivity contribution < 1.29 is 19.1 Å². The molecule has 0 aromatic carbocycles. The van der Waals surface area contributed by atoms with Crippen LogP contribution >= 0.6 is 0 Å². The van der Waals surface area contributed by atoms with Gasteiger partial charge in [0, 0.05) is 32.7 Å². The number of methoxy groups -OCH3 is 1. The summed E-state index contributed by atoms with van der Waals surface area (Å²) in [7, 11) is 1.40. The molecule has 29 heavy (non-hydrogen) atoms. The number of hydrogen-bond acceptors (Lipinski definition) is 5. The molecule has 0 aromatic heterocycles. The minimum Gasteiger partial charge on any atom is -0.469 e. The first-order valence-corrected chi connectivity index (χ1v) is 10.7. The Morgan fingerprint density at radius 2 is 1.86 bits per heavy atom. The third-order valence-electron chi connectivity index (χ3n) is 4.88. The van der Waals surface area contributed by atoms with Crippen molar-refractivity contribution in [3.63, 3.8) is 0 Å². The maximum absolute atomic E-state index is 12.4. The Morgan fingerprint density at radius 3 is 2.34 bits per heavy atom. The van der Waals surface area contributed by atoms with Crippen molar-refractivity contribution in [3.8, 4) is 0 Å². The second-order valence-corrected chi connectivity index (χ2v) is 8.57. The van der Waals surface area contributed by atoms with Gasteiger partial charge in [0.2, 0.25) is 0 Å². The molecule has 0 bridgehead atoms. The Kier molecular flexibility index (Phi) is 10.3. The summed E-state index contributed by atoms with van der Waals surface area (Å²) in [6, 6.07) is 0. The number of hydrogen-bond donors (Lipinski definition) is 1. The zero-order valence-electron chi connectivity index (χ0n) is 19.3. The quantitative estimate of drug-likeness (QED) is 0.393. The number of aliphatic imine (C=N–C) groups is 1. The Labute approximate surface area is 176 Å². The molecule has 1 amide bonds. The highest BCUT2D eigenvalue weighted by atomic mass is 16.6. The van der Waals surface area contributed by atoms with Crippen molar-refractivity contribution in [2.75, 3.05) is 46.4 Å². The van der Waals surface area contributed by atoms with Crippen LogP contribution in [0, 0.1) is 11.8 Å². The average molecular weight is 413 g/mol. The Morgan fingerprint density at radius 1 is 1.24 bits per heavy atom. The first-order valence-electron chi connectivity index (χ1n) is 10.7. The van der Waals surface area contributed by atoms with Crippen molar-refractivity contribution in [1.29, 1.82) is 0 Å². The summed E-state index contributed by atoms with van der Waals surface area (Å²) >= 11 is 0. The summed E-state index contributed by atoms with van der Waals surface area (Å²) in [5.74, 6) is 0.764. The number of nitrogens with zero attached hydrogens (tertiary/aromatic N) is 3. The highest BCUT2D eigenvalue weighted by Gasteiger charge is 2.27. The van der Waals surface area contributed by atoms with Crippen LogP contribution in [0.3, 0.4) is 0 Å². The van der Waals surface area contributed by atoms with Crippen LogP contribution in [-0.2, 0) is 14.3 Å². The largest absolute Gasteiger partial charge is 0.469 e. The summed E-state index contributed by atoms with van der Waals surface area (Å²) in [4.78, 5) is 32.6. The van der Waals surface area contributed by atoms with E-state index in [0.29, 0.717) is 25.6 Å². The van der Waals surface area contributed by atoms with Crippen LogP contribution in [0.1, 0.15) is 54.4 Å². The number of esters is 1. The van der Waals surface area contributed by atoms with Crippen LogP contribution < -0.4 is 5.32 Å². The maximum atomic E-state index is 12.4. The van der Waals surface area contributed by atoms with Gasteiger partial charge >= 0.3 is 12.1 Å². The summed E-state index contributed by atoms with van der Waals surface area (Å²) in [5, 5.41) is 3.31. The highest BCUT2D eigenvalue weighted by Crippen LogP contribution is 2.20. The Bertz CT molecular complexity index is 551. The van der Waals surface area contributed by atoms with Gasteiger partial charge in [0.15, 0.2) is 5.96 Å². The fraction of sp³-hybridized carbons (Fsp3) is 0.857. The molecule has 0 aromatic rings. The fourth-order valence-electron chi connectivity index (χ4n) is 3.22. The number of carbonyl (C=O) groups excluding carboxylic acids is 2. The standard InChI is InChI=1S/C21H40N4O4/c1-8-22-19(23-14-16(3)18(26)28-7)25-12-10-17(11-13-25)15-24(9-2)20(27)29-21(4,5)6/h16-17H,8-15H2,1-7H3,(H,22,23). The molecule has 1 aliphatic heterocycles. The molecule has 0 saturated carbocycles. The number of nitrogens with one attached hydrogen (secondary N) is 1. The van der Waals surface area contributed by atoms with E-state index in [4.69, 9.17) is 9.47 Å². The van der Waals surface area contributed by atoms with Crippen LogP contribution in [0.4, 0.5) is 4.79 Å². The molecule has 0 aliphatic carbocycles. The van der Waals surface area contributed by atoms with E-state index in [9.17, 15) is 9.59 Å². The summed E-state index contributed by atoms with van der Waals surface area (Å²) in [6.45, 7) is 15.8. The molecule has 0 spiro atoms. The molecule has 0 radical (unpaired) electrons. The smallest absolute Gasteiger partial charge is 0.410 e. The molecule has 1 saturated heterocycles. The summed E-state index contributed by atoms with van der Waals surface area (Å²) < 4.78 is 10.3. The van der Waals surface area contributed by atoms with Crippen LogP contribution in [0.25, 0.3) is 0 Å². The predicted octanol–water partition coefficient (Wildman–Crippen LogP) is 2.73. The van der Waals surface area contributed by atoms with Crippen LogP contribution in [0.2, 0.25) is 0 Å². The zero-order valence-corrected chi connectivity index (χ0v) is 19.3. The lowest BCUT2D eigenvalue weighted by molar-refractivity contribution is -0.144. The summed E-state index contributed by atoms with van der Waals surface area (Å²) in [6.07, 6.45) is 1.72. The number of likely N-dealkylation sites (tertiary alicyclic amines) is 1. The highest BCUT2D eigenvalue weighted by molar-refractivity contribution is 5.80. The molecule has 1 fully saturated rings. The maximum Gasteiger partial charge on any atom is 0.410 e. The second kappa shape index (κ2) is 11.9. The van der Waals surface area contributed by atoms with Crippen LogP contribution in [0.5, 0.6) is 0 Å². The molecule has 8 heteroatoms. The Hall–Kier alpha value is -1.99. The molecule has 1 N–H and O–H groups in total. The molecule has 168 valence electrons. The third-order valence-corrected chi connectivity index (χ3v) is 4.88. The molecule has 1 aliphatic rings. The van der Waals surface area contributed by atoms with Gasteiger partial charge in [-0.25, -0.2) is 4.79 Å². The molecule has 1 unspecified atom stereocenters. The van der Waals surface area contributed by atoms with E-state index in [0.717, 1.165) is 38.4 Å². The third kappa shape index (κ3) is 8.92. The van der Waals surface area contributed by atoms with Crippen LogP contribution in [-0.4, -0.2) is 79.8 Å². The number of rotatable bonds is 7. The van der Waals surface area contributed by atoms with Crippen molar-refractivity contribution in [1.82, 2.24) is 15.1 Å². The zero-order chi connectivity index (χ0) is 22.0. The molecular weight excluding hydrogens is 372 g/mol. The second-order valence-electron chi connectivity index (χ2n) is 8.57. The number of ether oxygens (including phenoxy) is 2. The number of carbonyl (C=O) groups is 2. The number of amides is 1. The molecular formula is C21H40N4O4. The van der Waals surface area contributed by atoms with Gasteiger partial charge in [-0.15, -0.1) is 0 Å². The van der Waals surface area contributed by atoms with Gasteiger partial charge in [-0.2, -0.15) is 0 Å². The lowest BCUT2D eigenvalue weighted by Crippen LogP contribution is -2.48. The van der Waals surface area contributed by atoms with Gasteiger partial charge in [-0.05, 0) is 53.4 Å². The predicted molar refractivity (Wildman–Crippen MR) is 115 cm³/mol. The minimum absolute atomic E-state index is 0.242. The minimum atomic E-state index is -0.480. The van der Waals surface area contributed by atoms with Gasteiger partial charge in [0.25, 0.3) is 0 Å². The molecule has 1 rings (SSSR count). The van der Waals surface area contributed by atoms with E-state index < -0.39 is 5.60 Å². The van der Waals surface area contributed by atoms with Gasteiger partial charge in [-0.1, -0.05) is 6.92 Å². The van der Waals surface area contributed by atoms with Gasteiger partial charge in [0.1, 0.15) is 5.60 Å².